The standard InChI is InChI=1S/C18H21N3O/c1-14-13-16(9-10-17(14)21-11-5-6-12-21)20-18(22)19-15-7-3-2-4-8-15/h2-4,7-10,13H,5-6,11-12H2,1H3,(H2,19,20,22). The van der Waals surface area contributed by atoms with Crippen molar-refractivity contribution in [2.24, 2.45) is 0 Å². The first-order valence-corrected chi connectivity index (χ1v) is 7.71. The van der Waals surface area contributed by atoms with Crippen molar-refractivity contribution in [1.29, 1.82) is 0 Å². The monoisotopic (exact) mass is 295 g/mol. The van der Waals surface area contributed by atoms with Crippen LogP contribution in [0.15, 0.2) is 48.5 Å². The third kappa shape index (κ3) is 3.39. The van der Waals surface area contributed by atoms with Crippen LogP contribution >= 0.6 is 0 Å². The lowest BCUT2D eigenvalue weighted by Crippen LogP contribution is -2.20. The number of carbonyl (C=O) groups excluding carboxylic acids is 1. The SMILES string of the molecule is Cc1cc(NC(=O)Nc2ccccc2)ccc1N1CCCC1. The third-order valence-electron chi connectivity index (χ3n) is 3.93. The van der Waals surface area contributed by atoms with Gasteiger partial charge in [-0.2, -0.15) is 0 Å². The van der Waals surface area contributed by atoms with Gasteiger partial charge in [0.2, 0.25) is 0 Å². The largest absolute Gasteiger partial charge is 0.371 e. The van der Waals surface area contributed by atoms with Crippen molar-refractivity contribution in [2.45, 2.75) is 19.8 Å². The zero-order chi connectivity index (χ0) is 15.4. The van der Waals surface area contributed by atoms with Crippen molar-refractivity contribution in [3.05, 3.63) is 54.1 Å². The maximum Gasteiger partial charge on any atom is 0.323 e. The average molecular weight is 295 g/mol. The first-order chi connectivity index (χ1) is 10.7. The molecule has 2 aromatic carbocycles. The third-order valence-corrected chi connectivity index (χ3v) is 3.93. The van der Waals surface area contributed by atoms with Crippen molar-refractivity contribution in [3.63, 3.8) is 0 Å². The van der Waals surface area contributed by atoms with Crippen molar-refractivity contribution in [2.75, 3.05) is 28.6 Å². The Balaban J connectivity index is 1.65. The van der Waals surface area contributed by atoms with Gasteiger partial charge in [0.05, 0.1) is 0 Å². The lowest BCUT2D eigenvalue weighted by Gasteiger charge is -2.20. The summed E-state index contributed by atoms with van der Waals surface area (Å²) in [5.41, 5.74) is 4.06. The summed E-state index contributed by atoms with van der Waals surface area (Å²) in [6, 6.07) is 15.3. The Bertz CT molecular complexity index is 649. The number of carbonyl (C=O) groups is 1. The zero-order valence-electron chi connectivity index (χ0n) is 12.8. The Morgan fingerprint density at radius 3 is 2.32 bits per heavy atom. The summed E-state index contributed by atoms with van der Waals surface area (Å²) in [7, 11) is 0. The number of nitrogens with one attached hydrogen (secondary N) is 2. The summed E-state index contributed by atoms with van der Waals surface area (Å²) in [6.45, 7) is 4.35. The molecule has 2 N–H and O–H groups in total. The van der Waals surface area contributed by atoms with E-state index in [9.17, 15) is 4.79 Å². The van der Waals surface area contributed by atoms with Gasteiger partial charge in [-0.05, 0) is 55.7 Å². The molecular formula is C18H21N3O. The molecule has 1 fully saturated rings. The molecule has 0 spiro atoms. The molecule has 0 bridgehead atoms. The van der Waals surface area contributed by atoms with Gasteiger partial charge in [-0.1, -0.05) is 18.2 Å². The molecule has 4 heteroatoms. The van der Waals surface area contributed by atoms with E-state index in [0.717, 1.165) is 24.5 Å². The van der Waals surface area contributed by atoms with E-state index in [2.05, 4.69) is 28.5 Å². The number of amides is 2. The molecule has 0 radical (unpaired) electrons. The Morgan fingerprint density at radius 2 is 1.64 bits per heavy atom. The van der Waals surface area contributed by atoms with Gasteiger partial charge in [0.1, 0.15) is 0 Å². The van der Waals surface area contributed by atoms with Crippen LogP contribution in [-0.2, 0) is 0 Å². The highest BCUT2D eigenvalue weighted by molar-refractivity contribution is 5.99. The molecule has 4 nitrogen and oxygen atoms in total. The maximum atomic E-state index is 12.0. The first-order valence-electron chi connectivity index (χ1n) is 7.71. The van der Waals surface area contributed by atoms with E-state index >= 15 is 0 Å². The van der Waals surface area contributed by atoms with Crippen LogP contribution in [0.1, 0.15) is 18.4 Å². The molecule has 22 heavy (non-hydrogen) atoms. The van der Waals surface area contributed by atoms with Crippen LogP contribution in [0.5, 0.6) is 0 Å². The number of para-hydroxylation sites is 1. The number of urea groups is 1. The molecule has 114 valence electrons. The minimum absolute atomic E-state index is 0.223. The van der Waals surface area contributed by atoms with Gasteiger partial charge in [-0.25, -0.2) is 4.79 Å². The predicted molar refractivity (Wildman–Crippen MR) is 91.7 cm³/mol. The highest BCUT2D eigenvalue weighted by Crippen LogP contribution is 2.26. The van der Waals surface area contributed by atoms with Crippen LogP contribution in [0.2, 0.25) is 0 Å². The molecule has 1 saturated heterocycles. The van der Waals surface area contributed by atoms with Gasteiger partial charge in [0, 0.05) is 30.2 Å². The molecule has 0 atom stereocenters. The number of benzene rings is 2. The summed E-state index contributed by atoms with van der Waals surface area (Å²) >= 11 is 0. The second kappa shape index (κ2) is 6.52. The minimum Gasteiger partial charge on any atom is -0.371 e. The molecule has 0 saturated carbocycles. The quantitative estimate of drug-likeness (QED) is 0.889. The number of aryl methyl sites for hydroxylation is 1. The molecule has 0 aliphatic carbocycles. The first kappa shape index (κ1) is 14.4. The smallest absolute Gasteiger partial charge is 0.323 e. The van der Waals surface area contributed by atoms with Gasteiger partial charge < -0.3 is 15.5 Å². The summed E-state index contributed by atoms with van der Waals surface area (Å²) in [5, 5.41) is 5.70. The molecular weight excluding hydrogens is 274 g/mol. The minimum atomic E-state index is -0.223. The van der Waals surface area contributed by atoms with E-state index in [1.165, 1.54) is 24.1 Å². The topological polar surface area (TPSA) is 44.4 Å². The Kier molecular flexibility index (Phi) is 4.28. The van der Waals surface area contributed by atoms with Gasteiger partial charge in [-0.3, -0.25) is 0 Å². The molecule has 1 heterocycles. The molecule has 2 aromatic rings. The van der Waals surface area contributed by atoms with Crippen LogP contribution in [0, 0.1) is 6.92 Å². The summed E-state index contributed by atoms with van der Waals surface area (Å²) in [6.07, 6.45) is 2.53. The Hall–Kier alpha value is -2.49. The maximum absolute atomic E-state index is 12.0. The van der Waals surface area contributed by atoms with Crippen LogP contribution in [0.4, 0.5) is 21.9 Å². The van der Waals surface area contributed by atoms with Gasteiger partial charge in [-0.15, -0.1) is 0 Å². The highest BCUT2D eigenvalue weighted by Gasteiger charge is 2.14. The predicted octanol–water partition coefficient (Wildman–Crippen LogP) is 4.24. The van der Waals surface area contributed by atoms with Crippen molar-refractivity contribution in [3.8, 4) is 0 Å². The van der Waals surface area contributed by atoms with E-state index in [1.807, 2.05) is 42.5 Å². The van der Waals surface area contributed by atoms with Crippen LogP contribution in [0.3, 0.4) is 0 Å². The van der Waals surface area contributed by atoms with Crippen LogP contribution < -0.4 is 15.5 Å². The number of hydrogen-bond acceptors (Lipinski definition) is 2. The molecule has 1 aliphatic heterocycles. The van der Waals surface area contributed by atoms with Crippen LogP contribution in [-0.4, -0.2) is 19.1 Å². The number of rotatable bonds is 3. The fourth-order valence-corrected chi connectivity index (χ4v) is 2.86. The van der Waals surface area contributed by atoms with Gasteiger partial charge in [0.15, 0.2) is 0 Å². The second-order valence-electron chi connectivity index (χ2n) is 5.64. The summed E-state index contributed by atoms with van der Waals surface area (Å²) < 4.78 is 0. The van der Waals surface area contributed by atoms with E-state index in [0.29, 0.717) is 0 Å². The lowest BCUT2D eigenvalue weighted by atomic mass is 10.1. The van der Waals surface area contributed by atoms with Crippen molar-refractivity contribution < 1.29 is 4.79 Å². The number of nitrogens with zero attached hydrogens (tertiary/aromatic N) is 1. The normalized spacial score (nSPS) is 14.0. The van der Waals surface area contributed by atoms with Crippen LogP contribution in [0.25, 0.3) is 0 Å². The summed E-state index contributed by atoms with van der Waals surface area (Å²) in [4.78, 5) is 14.4. The summed E-state index contributed by atoms with van der Waals surface area (Å²) in [5.74, 6) is 0. The molecule has 1 aliphatic rings. The number of anilines is 3. The van der Waals surface area contributed by atoms with Crippen molar-refractivity contribution in [1.82, 2.24) is 0 Å². The Labute approximate surface area is 131 Å². The van der Waals surface area contributed by atoms with Crippen molar-refractivity contribution >= 4 is 23.1 Å². The molecule has 2 amide bonds. The highest BCUT2D eigenvalue weighted by atomic mass is 16.2. The Morgan fingerprint density at radius 1 is 0.955 bits per heavy atom. The van der Waals surface area contributed by atoms with E-state index in [1.54, 1.807) is 0 Å². The molecule has 0 unspecified atom stereocenters. The van der Waals surface area contributed by atoms with Gasteiger partial charge in [0.25, 0.3) is 0 Å². The lowest BCUT2D eigenvalue weighted by molar-refractivity contribution is 0.262. The molecule has 3 rings (SSSR count). The van der Waals surface area contributed by atoms with E-state index in [-0.39, 0.29) is 6.03 Å². The van der Waals surface area contributed by atoms with E-state index in [4.69, 9.17) is 0 Å². The number of hydrogen-bond donors (Lipinski definition) is 2. The fourth-order valence-electron chi connectivity index (χ4n) is 2.86. The molecule has 0 aromatic heterocycles. The average Bonchev–Trinajstić information content (AvgIpc) is 3.02. The second-order valence-corrected chi connectivity index (χ2v) is 5.64. The fraction of sp³-hybridized carbons (Fsp3) is 0.278. The zero-order valence-corrected chi connectivity index (χ0v) is 12.8. The van der Waals surface area contributed by atoms with E-state index < -0.39 is 0 Å². The van der Waals surface area contributed by atoms with Gasteiger partial charge >= 0.3 is 6.03 Å².